The van der Waals surface area contributed by atoms with Crippen LogP contribution in [0.25, 0.3) is 11.1 Å². The maximum absolute atomic E-state index is 13.1. The first kappa shape index (κ1) is 23.3. The summed E-state index contributed by atoms with van der Waals surface area (Å²) in [6.45, 7) is 3.64. The molecule has 1 saturated carbocycles. The number of aryl methyl sites for hydroxylation is 1. The second-order valence-corrected chi connectivity index (χ2v) is 9.57. The summed E-state index contributed by atoms with van der Waals surface area (Å²) in [5, 5.41) is 22.0. The van der Waals surface area contributed by atoms with Gasteiger partial charge >= 0.3 is 0 Å². The van der Waals surface area contributed by atoms with E-state index in [1.165, 1.54) is 19.5 Å². The fourth-order valence-electron chi connectivity index (χ4n) is 3.87. The summed E-state index contributed by atoms with van der Waals surface area (Å²) in [5.41, 5.74) is 1.54. The molecule has 0 radical (unpaired) electrons. The Morgan fingerprint density at radius 1 is 1.27 bits per heavy atom. The summed E-state index contributed by atoms with van der Waals surface area (Å²) in [7, 11) is 1.52. The highest BCUT2D eigenvalue weighted by Crippen LogP contribution is 2.35. The van der Waals surface area contributed by atoms with Gasteiger partial charge in [-0.2, -0.15) is 0 Å². The molecule has 2 atom stereocenters. The van der Waals surface area contributed by atoms with Crippen LogP contribution in [0, 0.1) is 6.92 Å². The van der Waals surface area contributed by atoms with E-state index in [0.29, 0.717) is 39.2 Å². The van der Waals surface area contributed by atoms with Gasteiger partial charge in [0, 0.05) is 29.4 Å². The second-order valence-electron chi connectivity index (χ2n) is 8.24. The van der Waals surface area contributed by atoms with Crippen LogP contribution in [-0.2, 0) is 0 Å². The largest absolute Gasteiger partial charge is 0.494 e. The average molecular weight is 490 g/mol. The first-order valence-corrected chi connectivity index (χ1v) is 11.6. The Hall–Kier alpha value is -2.82. The molecule has 3 heterocycles. The van der Waals surface area contributed by atoms with Crippen molar-refractivity contribution in [2.45, 2.75) is 51.2 Å². The summed E-state index contributed by atoms with van der Waals surface area (Å²) >= 11 is 7.23. The van der Waals surface area contributed by atoms with E-state index in [1.54, 1.807) is 12.1 Å². The fraction of sp³-hybridized carbons (Fsp3) is 0.409. The highest BCUT2D eigenvalue weighted by Gasteiger charge is 2.31. The van der Waals surface area contributed by atoms with E-state index in [0.717, 1.165) is 36.3 Å². The number of nitrogens with zero attached hydrogens (tertiary/aromatic N) is 4. The van der Waals surface area contributed by atoms with Crippen molar-refractivity contribution in [3.05, 3.63) is 40.9 Å². The normalized spacial score (nSPS) is 20.3. The molecule has 174 valence electrons. The van der Waals surface area contributed by atoms with Crippen molar-refractivity contribution >= 4 is 34.0 Å². The summed E-state index contributed by atoms with van der Waals surface area (Å²) < 4.78 is 11.3. The topological polar surface area (TPSA) is 119 Å². The van der Waals surface area contributed by atoms with Gasteiger partial charge in [-0.05, 0) is 56.6 Å². The number of methoxy groups -OCH3 is 1. The van der Waals surface area contributed by atoms with Gasteiger partial charge < -0.3 is 14.6 Å². The number of nitrogens with one attached hydrogen (secondary N) is 1. The van der Waals surface area contributed by atoms with E-state index in [-0.39, 0.29) is 11.3 Å². The number of aliphatic hydroxyl groups is 1. The quantitative estimate of drug-likeness (QED) is 0.492. The predicted molar refractivity (Wildman–Crippen MR) is 125 cm³/mol. The predicted octanol–water partition coefficient (Wildman–Crippen LogP) is 4.29. The number of halogens is 1. The van der Waals surface area contributed by atoms with Crippen LogP contribution < -0.4 is 14.8 Å². The molecule has 0 spiro atoms. The lowest BCUT2D eigenvalue weighted by molar-refractivity contribution is -0.0235. The van der Waals surface area contributed by atoms with Crippen molar-refractivity contribution in [3.63, 3.8) is 0 Å². The van der Waals surface area contributed by atoms with Crippen molar-refractivity contribution in [2.75, 3.05) is 12.4 Å². The Labute approximate surface area is 200 Å². The zero-order chi connectivity index (χ0) is 23.6. The molecule has 9 nitrogen and oxygen atoms in total. The van der Waals surface area contributed by atoms with Crippen LogP contribution in [0.2, 0.25) is 5.15 Å². The minimum absolute atomic E-state index is 0.137. The zero-order valence-electron chi connectivity index (χ0n) is 18.5. The van der Waals surface area contributed by atoms with E-state index >= 15 is 0 Å². The molecule has 0 aliphatic heterocycles. The van der Waals surface area contributed by atoms with Crippen LogP contribution in [0.15, 0.2) is 24.5 Å². The third-order valence-corrected chi connectivity index (χ3v) is 6.37. The van der Waals surface area contributed by atoms with Gasteiger partial charge in [0.25, 0.3) is 11.1 Å². The zero-order valence-corrected chi connectivity index (χ0v) is 20.0. The smallest absolute Gasteiger partial charge is 0.296 e. The summed E-state index contributed by atoms with van der Waals surface area (Å²) in [4.78, 5) is 21.4. The molecule has 1 aliphatic carbocycles. The number of ether oxygens (including phenoxy) is 2. The molecule has 0 aromatic carbocycles. The van der Waals surface area contributed by atoms with Crippen LogP contribution in [0.1, 0.15) is 48.7 Å². The van der Waals surface area contributed by atoms with Crippen LogP contribution in [0.4, 0.5) is 5.13 Å². The Balaban J connectivity index is 1.54. The standard InChI is InChI=1S/C22H24ClN5O4S/c1-12-7-14(15-8-18(23)25-11-17(15)31-3)16(10-24-12)19(29)26-20-27-28-21(33-20)32-13-5-4-6-22(2,30)9-13/h7-8,10-11,13,30H,4-6,9H2,1-3H3,(H,26,27,29)/t13-,22-/m1/s1. The lowest BCUT2D eigenvalue weighted by Crippen LogP contribution is -2.37. The van der Waals surface area contributed by atoms with E-state index < -0.39 is 11.5 Å². The summed E-state index contributed by atoms with van der Waals surface area (Å²) in [5.74, 6) is 0.0739. The number of anilines is 1. The highest BCUT2D eigenvalue weighted by atomic mass is 35.5. The van der Waals surface area contributed by atoms with Crippen molar-refractivity contribution in [2.24, 2.45) is 0 Å². The molecule has 1 fully saturated rings. The number of rotatable bonds is 6. The molecule has 33 heavy (non-hydrogen) atoms. The Morgan fingerprint density at radius 3 is 2.85 bits per heavy atom. The third-order valence-electron chi connectivity index (χ3n) is 5.43. The van der Waals surface area contributed by atoms with Crippen molar-refractivity contribution in [1.29, 1.82) is 0 Å². The molecule has 11 heteroatoms. The third kappa shape index (κ3) is 5.58. The molecule has 3 aromatic rings. The number of hydrogen-bond acceptors (Lipinski definition) is 9. The highest BCUT2D eigenvalue weighted by molar-refractivity contribution is 7.17. The number of hydrogen-bond donors (Lipinski definition) is 2. The van der Waals surface area contributed by atoms with Crippen LogP contribution in [0.3, 0.4) is 0 Å². The maximum Gasteiger partial charge on any atom is 0.296 e. The summed E-state index contributed by atoms with van der Waals surface area (Å²) in [6.07, 6.45) is 5.87. The van der Waals surface area contributed by atoms with Gasteiger partial charge in [-0.1, -0.05) is 16.7 Å². The SMILES string of the molecule is COc1cnc(Cl)cc1-c1cc(C)ncc1C(=O)Nc1nnc(O[C@@H]2CCC[C@@](C)(O)C2)s1. The van der Waals surface area contributed by atoms with E-state index in [2.05, 4.69) is 25.5 Å². The van der Waals surface area contributed by atoms with Gasteiger partial charge in [-0.3, -0.25) is 15.1 Å². The van der Waals surface area contributed by atoms with Crippen LogP contribution in [-0.4, -0.2) is 50.0 Å². The molecule has 3 aromatic heterocycles. The monoisotopic (exact) mass is 489 g/mol. The number of amides is 1. The number of carbonyl (C=O) groups excluding carboxylic acids is 1. The lowest BCUT2D eigenvalue weighted by Gasteiger charge is -2.33. The molecule has 0 saturated heterocycles. The molecular weight excluding hydrogens is 466 g/mol. The Kier molecular flexibility index (Phi) is 6.78. The van der Waals surface area contributed by atoms with Gasteiger partial charge in [0.1, 0.15) is 17.0 Å². The number of pyridine rings is 2. The van der Waals surface area contributed by atoms with Gasteiger partial charge in [0.2, 0.25) is 5.13 Å². The second kappa shape index (κ2) is 9.58. The Morgan fingerprint density at radius 2 is 2.09 bits per heavy atom. The Bertz CT molecular complexity index is 1170. The lowest BCUT2D eigenvalue weighted by atomic mass is 9.85. The molecule has 2 N–H and O–H groups in total. The molecule has 0 unspecified atom stereocenters. The minimum atomic E-state index is -0.740. The minimum Gasteiger partial charge on any atom is -0.494 e. The van der Waals surface area contributed by atoms with Gasteiger partial charge in [-0.25, -0.2) is 4.98 Å². The first-order chi connectivity index (χ1) is 15.7. The average Bonchev–Trinajstić information content (AvgIpc) is 3.19. The van der Waals surface area contributed by atoms with Crippen LogP contribution in [0.5, 0.6) is 10.9 Å². The molecule has 4 rings (SSSR count). The van der Waals surface area contributed by atoms with Crippen molar-refractivity contribution in [1.82, 2.24) is 20.2 Å². The maximum atomic E-state index is 13.1. The van der Waals surface area contributed by atoms with Crippen molar-refractivity contribution in [3.8, 4) is 22.1 Å². The molecule has 1 aliphatic rings. The van der Waals surface area contributed by atoms with E-state index in [9.17, 15) is 9.90 Å². The van der Waals surface area contributed by atoms with Gasteiger partial charge in [0.15, 0.2) is 0 Å². The molecule has 0 bridgehead atoms. The summed E-state index contributed by atoms with van der Waals surface area (Å²) in [6, 6.07) is 3.43. The van der Waals surface area contributed by atoms with Crippen LogP contribution >= 0.6 is 22.9 Å². The first-order valence-electron chi connectivity index (χ1n) is 10.4. The molecule has 1 amide bonds. The van der Waals surface area contributed by atoms with E-state index in [1.807, 2.05) is 13.8 Å². The number of carbonyl (C=O) groups is 1. The van der Waals surface area contributed by atoms with Crippen molar-refractivity contribution < 1.29 is 19.4 Å². The number of aromatic nitrogens is 4. The van der Waals surface area contributed by atoms with Gasteiger partial charge in [-0.15, -0.1) is 5.10 Å². The molecular formula is C22H24ClN5O4S. The fourth-order valence-corrected chi connectivity index (χ4v) is 4.69. The van der Waals surface area contributed by atoms with E-state index in [4.69, 9.17) is 21.1 Å². The van der Waals surface area contributed by atoms with Gasteiger partial charge in [0.05, 0.1) is 24.5 Å².